The number of halogens is 2. The van der Waals surface area contributed by atoms with Crippen LogP contribution < -0.4 is 15.2 Å². The number of ether oxygens (including phenoxy) is 2. The van der Waals surface area contributed by atoms with Crippen molar-refractivity contribution < 1.29 is 18.3 Å². The van der Waals surface area contributed by atoms with Gasteiger partial charge in [0.25, 0.3) is 0 Å². The second kappa shape index (κ2) is 4.14. The summed E-state index contributed by atoms with van der Waals surface area (Å²) in [6.45, 7) is 4.54. The molecule has 1 heterocycles. The van der Waals surface area contributed by atoms with Crippen molar-refractivity contribution >= 4 is 0 Å². The Balaban J connectivity index is 2.30. The number of rotatable bonds is 3. The maximum atomic E-state index is 12.8. The number of nitrogens with two attached hydrogens (primary N) is 1. The van der Waals surface area contributed by atoms with Crippen LogP contribution in [0.25, 0.3) is 0 Å². The molecule has 1 aromatic rings. The molecule has 0 spiro atoms. The average molecular weight is 243 g/mol. The lowest BCUT2D eigenvalue weighted by atomic mass is 9.88. The molecule has 1 aliphatic rings. The van der Waals surface area contributed by atoms with Crippen LogP contribution in [0.4, 0.5) is 8.78 Å². The zero-order valence-corrected chi connectivity index (χ0v) is 9.74. The molecule has 0 saturated heterocycles. The Bertz CT molecular complexity index is 421. The van der Waals surface area contributed by atoms with Crippen LogP contribution in [0.1, 0.15) is 25.3 Å². The Morgan fingerprint density at radius 3 is 2.47 bits per heavy atom. The quantitative estimate of drug-likeness (QED) is 0.887. The van der Waals surface area contributed by atoms with Gasteiger partial charge in [-0.15, -0.1) is 8.78 Å². The normalized spacial score (nSPS) is 18.5. The molecule has 0 aromatic heterocycles. The van der Waals surface area contributed by atoms with Gasteiger partial charge in [0, 0.05) is 0 Å². The van der Waals surface area contributed by atoms with Crippen molar-refractivity contribution in [2.24, 2.45) is 11.7 Å². The van der Waals surface area contributed by atoms with Crippen LogP contribution in [0, 0.1) is 5.92 Å². The molecule has 2 rings (SSSR count). The van der Waals surface area contributed by atoms with Crippen molar-refractivity contribution in [2.45, 2.75) is 26.1 Å². The van der Waals surface area contributed by atoms with E-state index in [4.69, 9.17) is 5.73 Å². The zero-order valence-electron chi connectivity index (χ0n) is 9.74. The van der Waals surface area contributed by atoms with Crippen molar-refractivity contribution in [3.05, 3.63) is 23.8 Å². The van der Waals surface area contributed by atoms with Crippen LogP contribution >= 0.6 is 0 Å². The molecule has 17 heavy (non-hydrogen) atoms. The highest BCUT2D eigenvalue weighted by molar-refractivity contribution is 5.46. The van der Waals surface area contributed by atoms with E-state index in [1.165, 1.54) is 6.07 Å². The van der Waals surface area contributed by atoms with E-state index in [0.717, 1.165) is 5.56 Å². The molecule has 2 N–H and O–H groups in total. The van der Waals surface area contributed by atoms with Crippen molar-refractivity contribution in [2.75, 3.05) is 6.54 Å². The van der Waals surface area contributed by atoms with E-state index in [1.807, 2.05) is 13.8 Å². The molecular weight excluding hydrogens is 228 g/mol. The highest BCUT2D eigenvalue weighted by atomic mass is 19.3. The predicted molar refractivity (Wildman–Crippen MR) is 59.3 cm³/mol. The van der Waals surface area contributed by atoms with Crippen LogP contribution in [0.3, 0.4) is 0 Å². The minimum atomic E-state index is -3.56. The molecule has 0 amide bonds. The van der Waals surface area contributed by atoms with Gasteiger partial charge >= 0.3 is 6.29 Å². The first-order chi connectivity index (χ1) is 7.93. The minimum Gasteiger partial charge on any atom is -0.395 e. The Hall–Kier alpha value is -1.36. The van der Waals surface area contributed by atoms with Crippen LogP contribution in [0.15, 0.2) is 18.2 Å². The van der Waals surface area contributed by atoms with E-state index >= 15 is 0 Å². The van der Waals surface area contributed by atoms with Gasteiger partial charge in [-0.3, -0.25) is 0 Å². The van der Waals surface area contributed by atoms with Crippen molar-refractivity contribution in [3.8, 4) is 11.5 Å². The summed E-state index contributed by atoms with van der Waals surface area (Å²) in [7, 11) is 0. The van der Waals surface area contributed by atoms with Crippen LogP contribution in [0.5, 0.6) is 11.5 Å². The third kappa shape index (κ3) is 2.34. The predicted octanol–water partition coefficient (Wildman–Crippen LogP) is 2.71. The Morgan fingerprint density at radius 1 is 1.24 bits per heavy atom. The summed E-state index contributed by atoms with van der Waals surface area (Å²) >= 11 is 0. The molecule has 1 unspecified atom stereocenters. The third-order valence-electron chi connectivity index (χ3n) is 2.91. The Kier molecular flexibility index (Phi) is 2.95. The van der Waals surface area contributed by atoms with Crippen LogP contribution in [-0.2, 0) is 0 Å². The zero-order chi connectivity index (χ0) is 12.6. The molecule has 0 bridgehead atoms. The summed E-state index contributed by atoms with van der Waals surface area (Å²) in [6, 6.07) is 4.82. The molecule has 0 aliphatic carbocycles. The fourth-order valence-corrected chi connectivity index (χ4v) is 1.99. The van der Waals surface area contributed by atoms with Gasteiger partial charge in [0.1, 0.15) is 0 Å². The Labute approximate surface area is 98.5 Å². The lowest BCUT2D eigenvalue weighted by Crippen LogP contribution is -2.25. The second-order valence-electron chi connectivity index (χ2n) is 4.46. The first-order valence-electron chi connectivity index (χ1n) is 5.53. The molecule has 1 aromatic carbocycles. The van der Waals surface area contributed by atoms with Gasteiger partial charge in [-0.2, -0.15) is 0 Å². The fourth-order valence-electron chi connectivity index (χ4n) is 1.99. The molecule has 1 aliphatic heterocycles. The average Bonchev–Trinajstić information content (AvgIpc) is 2.51. The van der Waals surface area contributed by atoms with Gasteiger partial charge in [0.15, 0.2) is 11.5 Å². The lowest BCUT2D eigenvalue weighted by molar-refractivity contribution is -0.286. The smallest absolute Gasteiger partial charge is 0.395 e. The summed E-state index contributed by atoms with van der Waals surface area (Å²) in [6.07, 6.45) is -3.56. The van der Waals surface area contributed by atoms with E-state index in [-0.39, 0.29) is 17.4 Å². The maximum absolute atomic E-state index is 12.8. The number of hydrogen-bond donors (Lipinski definition) is 1. The summed E-state index contributed by atoms with van der Waals surface area (Å²) in [5.41, 5.74) is 6.58. The molecule has 5 heteroatoms. The van der Waals surface area contributed by atoms with E-state index in [9.17, 15) is 8.78 Å². The van der Waals surface area contributed by atoms with Crippen LogP contribution in [0.2, 0.25) is 0 Å². The number of fused-ring (bicyclic) bond motifs is 1. The topological polar surface area (TPSA) is 44.5 Å². The van der Waals surface area contributed by atoms with E-state index in [1.54, 1.807) is 12.1 Å². The van der Waals surface area contributed by atoms with Gasteiger partial charge in [0.2, 0.25) is 0 Å². The molecular formula is C12H15F2NO2. The van der Waals surface area contributed by atoms with E-state index in [0.29, 0.717) is 12.5 Å². The molecule has 3 nitrogen and oxygen atoms in total. The number of benzene rings is 1. The van der Waals surface area contributed by atoms with Gasteiger partial charge < -0.3 is 15.2 Å². The van der Waals surface area contributed by atoms with Gasteiger partial charge in [-0.1, -0.05) is 19.9 Å². The van der Waals surface area contributed by atoms with Gasteiger partial charge in [0.05, 0.1) is 0 Å². The fraction of sp³-hybridized carbons (Fsp3) is 0.500. The summed E-state index contributed by atoms with van der Waals surface area (Å²) in [5, 5.41) is 0. The molecule has 1 atom stereocenters. The largest absolute Gasteiger partial charge is 0.586 e. The van der Waals surface area contributed by atoms with Crippen LogP contribution in [-0.4, -0.2) is 12.8 Å². The lowest BCUT2D eigenvalue weighted by Gasteiger charge is -2.19. The first-order valence-corrected chi connectivity index (χ1v) is 5.53. The monoisotopic (exact) mass is 243 g/mol. The first kappa shape index (κ1) is 12.1. The van der Waals surface area contributed by atoms with E-state index < -0.39 is 6.29 Å². The SMILES string of the molecule is CC(C)C(CN)c1ccc2c(c1)OC(F)(F)O2. The van der Waals surface area contributed by atoms with Gasteiger partial charge in [-0.05, 0) is 36.1 Å². The molecule has 0 radical (unpaired) electrons. The number of hydrogen-bond acceptors (Lipinski definition) is 3. The highest BCUT2D eigenvalue weighted by Crippen LogP contribution is 2.42. The van der Waals surface area contributed by atoms with Gasteiger partial charge in [-0.25, -0.2) is 0 Å². The van der Waals surface area contributed by atoms with Crippen molar-refractivity contribution in [3.63, 3.8) is 0 Å². The van der Waals surface area contributed by atoms with Crippen molar-refractivity contribution in [1.29, 1.82) is 0 Å². The number of alkyl halides is 2. The summed E-state index contributed by atoms with van der Waals surface area (Å²) in [5.74, 6) is 0.601. The van der Waals surface area contributed by atoms with Crippen molar-refractivity contribution in [1.82, 2.24) is 0 Å². The maximum Gasteiger partial charge on any atom is 0.586 e. The third-order valence-corrected chi connectivity index (χ3v) is 2.91. The highest BCUT2D eigenvalue weighted by Gasteiger charge is 2.43. The summed E-state index contributed by atoms with van der Waals surface area (Å²) in [4.78, 5) is 0. The summed E-state index contributed by atoms with van der Waals surface area (Å²) < 4.78 is 34.4. The van der Waals surface area contributed by atoms with E-state index in [2.05, 4.69) is 9.47 Å². The standard InChI is InChI=1S/C12H15F2NO2/c1-7(2)9(6-15)8-3-4-10-11(5-8)17-12(13,14)16-10/h3-5,7,9H,6,15H2,1-2H3. The second-order valence-corrected chi connectivity index (χ2v) is 4.46. The minimum absolute atomic E-state index is 0.0678. The molecule has 0 saturated carbocycles. The Morgan fingerprint density at radius 2 is 1.88 bits per heavy atom. The molecule has 94 valence electrons. The molecule has 0 fully saturated rings.